The maximum Gasteiger partial charge on any atom is 0.286 e. The largest absolute Gasteiger partial charge is 0.355 e. The molecule has 0 unspecified atom stereocenters. The van der Waals surface area contributed by atoms with Gasteiger partial charge in [0.15, 0.2) is 5.82 Å². The van der Waals surface area contributed by atoms with Crippen molar-refractivity contribution in [1.82, 2.24) is 15.3 Å². The minimum absolute atomic E-state index is 0.152. The predicted molar refractivity (Wildman–Crippen MR) is 142 cm³/mol. The van der Waals surface area contributed by atoms with Crippen molar-refractivity contribution in [2.24, 2.45) is 0 Å². The number of aryl methyl sites for hydroxylation is 3. The second-order valence-electron chi connectivity index (χ2n) is 9.39. The third-order valence-electron chi connectivity index (χ3n) is 6.65. The van der Waals surface area contributed by atoms with E-state index in [0.717, 1.165) is 91.0 Å². The van der Waals surface area contributed by atoms with Crippen LogP contribution in [0.2, 0.25) is 0 Å². The number of carbonyl (C=O) groups is 2. The molecule has 2 amide bonds. The van der Waals surface area contributed by atoms with Gasteiger partial charge in [0, 0.05) is 24.2 Å². The molecule has 1 fully saturated rings. The first kappa shape index (κ1) is 23.5. The van der Waals surface area contributed by atoms with Crippen LogP contribution in [0.1, 0.15) is 42.5 Å². The fraction of sp³-hybridized carbons (Fsp3) is 0.357. The van der Waals surface area contributed by atoms with E-state index in [1.54, 1.807) is 0 Å². The smallest absolute Gasteiger partial charge is 0.286 e. The summed E-state index contributed by atoms with van der Waals surface area (Å²) in [6.07, 6.45) is 4.53. The van der Waals surface area contributed by atoms with E-state index >= 15 is 0 Å². The van der Waals surface area contributed by atoms with E-state index in [1.165, 1.54) is 11.1 Å². The molecule has 1 atom stereocenters. The normalized spacial score (nSPS) is 17.4. The van der Waals surface area contributed by atoms with Crippen LogP contribution in [-0.4, -0.2) is 39.5 Å². The number of rotatable bonds is 7. The number of unbranched alkanes of at least 4 members (excludes halogenated alkanes) is 1. The monoisotopic (exact) mass is 486 g/mol. The van der Waals surface area contributed by atoms with Crippen LogP contribution in [-0.2, 0) is 11.2 Å². The van der Waals surface area contributed by atoms with Crippen molar-refractivity contribution in [2.45, 2.75) is 51.2 Å². The molecule has 1 N–H and O–H groups in total. The van der Waals surface area contributed by atoms with E-state index in [2.05, 4.69) is 72.6 Å². The molecule has 0 saturated carbocycles. The number of hydrogen-bond acceptors (Lipinski definition) is 6. The van der Waals surface area contributed by atoms with Crippen molar-refractivity contribution in [3.63, 3.8) is 0 Å². The lowest BCUT2D eigenvalue weighted by Crippen LogP contribution is -2.32. The van der Waals surface area contributed by atoms with Crippen LogP contribution >= 0.6 is 11.8 Å². The van der Waals surface area contributed by atoms with Crippen LogP contribution < -0.4 is 10.2 Å². The third-order valence-corrected chi connectivity index (χ3v) is 7.70. The molecule has 2 aromatic carbocycles. The Hall–Kier alpha value is -3.19. The molecule has 0 aliphatic carbocycles. The molecule has 3 heterocycles. The molecular weight excluding hydrogens is 456 g/mol. The highest BCUT2D eigenvalue weighted by molar-refractivity contribution is 8.15. The lowest BCUT2D eigenvalue weighted by Gasteiger charge is -2.30. The summed E-state index contributed by atoms with van der Waals surface area (Å²) in [5.74, 6) is 0.825. The fourth-order valence-corrected chi connectivity index (χ4v) is 5.55. The number of amides is 2. The van der Waals surface area contributed by atoms with Crippen LogP contribution in [0.4, 0.5) is 10.6 Å². The molecule has 3 aromatic rings. The fourth-order valence-electron chi connectivity index (χ4n) is 4.68. The number of carbonyl (C=O) groups excluding carboxylic acids is 2. The first-order valence-electron chi connectivity index (χ1n) is 12.3. The Kier molecular flexibility index (Phi) is 6.86. The number of nitrogens with zero attached hydrogens (tertiary/aromatic N) is 3. The molecule has 35 heavy (non-hydrogen) atoms. The number of fused-ring (bicyclic) bond motifs is 1. The topological polar surface area (TPSA) is 75.2 Å². The molecule has 7 heteroatoms. The number of anilines is 1. The minimum Gasteiger partial charge on any atom is -0.355 e. The number of aromatic nitrogens is 2. The summed E-state index contributed by atoms with van der Waals surface area (Å²) in [5, 5.41) is 1.90. The highest BCUT2D eigenvalue weighted by Gasteiger charge is 2.31. The Morgan fingerprint density at radius 2 is 1.54 bits per heavy atom. The highest BCUT2D eigenvalue weighted by Crippen LogP contribution is 2.35. The van der Waals surface area contributed by atoms with E-state index in [1.807, 2.05) is 0 Å². The zero-order chi connectivity index (χ0) is 24.4. The molecule has 2 aliphatic rings. The van der Waals surface area contributed by atoms with E-state index in [0.29, 0.717) is 0 Å². The highest BCUT2D eigenvalue weighted by atomic mass is 32.2. The van der Waals surface area contributed by atoms with Crippen LogP contribution in [0.5, 0.6) is 0 Å². The van der Waals surface area contributed by atoms with Crippen LogP contribution in [0.15, 0.2) is 48.5 Å². The SMILES string of the molecule is Cc1ccc(-c2nc3c(nc2-c2ccc(C)cc2)N(CCCC[C@@H]2SC(=O)NC2=O)CCC3)cc1. The van der Waals surface area contributed by atoms with E-state index < -0.39 is 0 Å². The van der Waals surface area contributed by atoms with Crippen LogP contribution in [0, 0.1) is 13.8 Å². The van der Waals surface area contributed by atoms with Gasteiger partial charge < -0.3 is 4.90 Å². The number of nitrogens with one attached hydrogen (secondary N) is 1. The Bertz CT molecular complexity index is 1240. The summed E-state index contributed by atoms with van der Waals surface area (Å²) in [6, 6.07) is 17.0. The minimum atomic E-state index is -0.249. The summed E-state index contributed by atoms with van der Waals surface area (Å²) >= 11 is 1.11. The Morgan fingerprint density at radius 1 is 0.914 bits per heavy atom. The van der Waals surface area contributed by atoms with Crippen molar-refractivity contribution >= 4 is 28.7 Å². The Balaban J connectivity index is 1.40. The van der Waals surface area contributed by atoms with Gasteiger partial charge in [-0.2, -0.15) is 0 Å². The summed E-state index contributed by atoms with van der Waals surface area (Å²) in [4.78, 5) is 36.0. The maximum absolute atomic E-state index is 11.8. The number of hydrogen-bond donors (Lipinski definition) is 1. The molecule has 1 aromatic heterocycles. The van der Waals surface area contributed by atoms with Gasteiger partial charge in [-0.1, -0.05) is 77.8 Å². The standard InChI is InChI=1S/C28H30N4O2S/c1-18-8-12-20(13-9-18)24-25(21-14-10-19(2)11-15-21)30-26-22(29-24)6-5-17-32(26)16-4-3-7-23-27(33)31-28(34)35-23/h8-15,23H,3-7,16-17H2,1-2H3,(H,31,33,34)/t23-/m0/s1. The maximum atomic E-state index is 11.8. The summed E-state index contributed by atoms with van der Waals surface area (Å²) in [5.41, 5.74) is 7.50. The van der Waals surface area contributed by atoms with Gasteiger partial charge in [-0.25, -0.2) is 9.97 Å². The van der Waals surface area contributed by atoms with E-state index in [-0.39, 0.29) is 16.4 Å². The first-order chi connectivity index (χ1) is 17.0. The molecule has 6 nitrogen and oxygen atoms in total. The molecular formula is C28H30N4O2S. The first-order valence-corrected chi connectivity index (χ1v) is 13.2. The second kappa shape index (κ2) is 10.2. The number of thioether (sulfide) groups is 1. The quantitative estimate of drug-likeness (QED) is 0.432. The molecule has 0 radical (unpaired) electrons. The van der Waals surface area contributed by atoms with Gasteiger partial charge in [0.25, 0.3) is 5.24 Å². The third kappa shape index (κ3) is 5.25. The van der Waals surface area contributed by atoms with Gasteiger partial charge >= 0.3 is 0 Å². The van der Waals surface area contributed by atoms with Crippen molar-refractivity contribution in [3.8, 4) is 22.5 Å². The van der Waals surface area contributed by atoms with E-state index in [9.17, 15) is 9.59 Å². The summed E-state index contributed by atoms with van der Waals surface area (Å²) in [7, 11) is 0. The molecule has 0 bridgehead atoms. The van der Waals surface area contributed by atoms with Crippen molar-refractivity contribution < 1.29 is 9.59 Å². The Labute approximate surface area is 210 Å². The van der Waals surface area contributed by atoms with Gasteiger partial charge in [0.2, 0.25) is 5.91 Å². The average Bonchev–Trinajstić information content (AvgIpc) is 3.18. The molecule has 5 rings (SSSR count). The van der Waals surface area contributed by atoms with Gasteiger partial charge in [-0.05, 0) is 39.5 Å². The lowest BCUT2D eigenvalue weighted by molar-refractivity contribution is -0.119. The molecule has 2 aliphatic heterocycles. The van der Waals surface area contributed by atoms with Gasteiger partial charge in [0.05, 0.1) is 22.3 Å². The molecule has 1 saturated heterocycles. The van der Waals surface area contributed by atoms with Crippen LogP contribution in [0.3, 0.4) is 0 Å². The van der Waals surface area contributed by atoms with Gasteiger partial charge in [-0.3, -0.25) is 14.9 Å². The Morgan fingerprint density at radius 3 is 2.14 bits per heavy atom. The average molecular weight is 487 g/mol. The van der Waals surface area contributed by atoms with E-state index in [4.69, 9.17) is 9.97 Å². The van der Waals surface area contributed by atoms with Crippen molar-refractivity contribution in [2.75, 3.05) is 18.0 Å². The van der Waals surface area contributed by atoms with Gasteiger partial charge in [-0.15, -0.1) is 0 Å². The summed E-state index contributed by atoms with van der Waals surface area (Å²) in [6.45, 7) is 6.01. The lowest BCUT2D eigenvalue weighted by atomic mass is 10.0. The number of benzene rings is 2. The molecule has 180 valence electrons. The predicted octanol–water partition coefficient (Wildman–Crippen LogP) is 5.70. The second-order valence-corrected chi connectivity index (χ2v) is 10.6. The van der Waals surface area contributed by atoms with Crippen LogP contribution in [0.25, 0.3) is 22.5 Å². The zero-order valence-corrected chi connectivity index (χ0v) is 21.0. The van der Waals surface area contributed by atoms with Crippen molar-refractivity contribution in [3.05, 3.63) is 65.4 Å². The molecule has 0 spiro atoms. The zero-order valence-electron chi connectivity index (χ0n) is 20.2. The van der Waals surface area contributed by atoms with Gasteiger partial charge in [0.1, 0.15) is 0 Å². The number of imide groups is 1. The van der Waals surface area contributed by atoms with Crippen molar-refractivity contribution in [1.29, 1.82) is 0 Å². The summed E-state index contributed by atoms with van der Waals surface area (Å²) < 4.78 is 0.